The highest BCUT2D eigenvalue weighted by atomic mass is 35.5. The van der Waals surface area contributed by atoms with Crippen LogP contribution in [0.3, 0.4) is 0 Å². The molecule has 4 rings (SSSR count). The van der Waals surface area contributed by atoms with Crippen LogP contribution in [0.4, 0.5) is 0 Å². The largest absolute Gasteiger partial charge is 0.378 e. The summed E-state index contributed by atoms with van der Waals surface area (Å²) in [5.74, 6) is -0.0875. The average molecular weight is 426 g/mol. The number of rotatable bonds is 4. The van der Waals surface area contributed by atoms with Crippen LogP contribution in [0.1, 0.15) is 23.0 Å². The standard InChI is InChI=1S/C23H24ClN3O3/c1-3-4-7-27-14-19(18-12-15(2)25-21(18)23(27)29)16-5-6-17(20(24)13-16)22(28)26-8-10-30-11-9-26/h3-6,12-14,25H,7-11H2,1-2H3/b4-3+. The molecule has 0 atom stereocenters. The molecule has 3 heterocycles. The third-order valence-electron chi connectivity index (χ3n) is 5.35. The van der Waals surface area contributed by atoms with Gasteiger partial charge in [0.2, 0.25) is 0 Å². The lowest BCUT2D eigenvalue weighted by atomic mass is 10.0. The summed E-state index contributed by atoms with van der Waals surface area (Å²) >= 11 is 6.54. The molecule has 2 aromatic heterocycles. The summed E-state index contributed by atoms with van der Waals surface area (Å²) < 4.78 is 7.00. The predicted molar refractivity (Wildman–Crippen MR) is 119 cm³/mol. The molecule has 0 bridgehead atoms. The van der Waals surface area contributed by atoms with Crippen molar-refractivity contribution in [1.82, 2.24) is 14.5 Å². The van der Waals surface area contributed by atoms with Gasteiger partial charge in [0.05, 0.1) is 23.8 Å². The van der Waals surface area contributed by atoms with Crippen LogP contribution in [0.25, 0.3) is 22.0 Å². The Hall–Kier alpha value is -2.83. The third kappa shape index (κ3) is 3.80. The summed E-state index contributed by atoms with van der Waals surface area (Å²) in [4.78, 5) is 30.6. The minimum absolute atomic E-state index is 0.0647. The topological polar surface area (TPSA) is 67.3 Å². The molecule has 3 aromatic rings. The van der Waals surface area contributed by atoms with E-state index in [-0.39, 0.29) is 11.5 Å². The Kier molecular flexibility index (Phi) is 5.79. The highest BCUT2D eigenvalue weighted by Gasteiger charge is 2.21. The molecule has 1 aliphatic heterocycles. The number of carbonyl (C=O) groups is 1. The Morgan fingerprint density at radius 1 is 1.27 bits per heavy atom. The fourth-order valence-electron chi connectivity index (χ4n) is 3.78. The van der Waals surface area contributed by atoms with Gasteiger partial charge in [0, 0.05) is 42.5 Å². The van der Waals surface area contributed by atoms with E-state index < -0.39 is 0 Å². The zero-order chi connectivity index (χ0) is 21.3. The molecule has 1 fully saturated rings. The number of ether oxygens (including phenoxy) is 1. The Morgan fingerprint density at radius 2 is 2.03 bits per heavy atom. The lowest BCUT2D eigenvalue weighted by Gasteiger charge is -2.27. The van der Waals surface area contributed by atoms with E-state index in [2.05, 4.69) is 4.98 Å². The maximum absolute atomic E-state index is 12.8. The quantitative estimate of drug-likeness (QED) is 0.642. The number of aromatic nitrogens is 2. The molecule has 6 nitrogen and oxygen atoms in total. The van der Waals surface area contributed by atoms with Crippen LogP contribution in [0.5, 0.6) is 0 Å². The molecule has 1 saturated heterocycles. The van der Waals surface area contributed by atoms with Gasteiger partial charge in [-0.05, 0) is 37.6 Å². The minimum atomic E-state index is -0.0875. The van der Waals surface area contributed by atoms with Crippen LogP contribution in [0.15, 0.2) is 47.4 Å². The summed E-state index contributed by atoms with van der Waals surface area (Å²) in [5.41, 5.74) is 3.65. The van der Waals surface area contributed by atoms with E-state index in [1.165, 1.54) is 0 Å². The second kappa shape index (κ2) is 8.50. The molecule has 30 heavy (non-hydrogen) atoms. The van der Waals surface area contributed by atoms with E-state index in [1.807, 2.05) is 44.3 Å². The maximum atomic E-state index is 12.8. The monoisotopic (exact) mass is 425 g/mol. The maximum Gasteiger partial charge on any atom is 0.275 e. The molecule has 1 aromatic carbocycles. The normalized spacial score (nSPS) is 14.7. The van der Waals surface area contributed by atoms with Gasteiger partial charge in [0.15, 0.2) is 0 Å². The van der Waals surface area contributed by atoms with E-state index >= 15 is 0 Å². The van der Waals surface area contributed by atoms with Gasteiger partial charge in [-0.15, -0.1) is 0 Å². The van der Waals surface area contributed by atoms with Crippen molar-refractivity contribution in [3.8, 4) is 11.1 Å². The number of benzene rings is 1. The summed E-state index contributed by atoms with van der Waals surface area (Å²) in [6.07, 6.45) is 5.70. The summed E-state index contributed by atoms with van der Waals surface area (Å²) in [5, 5.41) is 1.24. The molecule has 0 unspecified atom stereocenters. The van der Waals surface area contributed by atoms with Crippen LogP contribution in [-0.2, 0) is 11.3 Å². The molecule has 1 amide bonds. The number of morpholine rings is 1. The van der Waals surface area contributed by atoms with Crippen LogP contribution in [-0.4, -0.2) is 46.7 Å². The number of aromatic amines is 1. The summed E-state index contributed by atoms with van der Waals surface area (Å²) in [7, 11) is 0. The number of pyridine rings is 1. The SMILES string of the molecule is C/C=C/Cn1cc(-c2ccc(C(=O)N3CCOCC3)c(Cl)c2)c2cc(C)[nH]c2c1=O. The molecule has 1 aliphatic rings. The van der Waals surface area contributed by atoms with Crippen LogP contribution in [0.2, 0.25) is 5.02 Å². The molecule has 156 valence electrons. The Bertz CT molecular complexity index is 1190. The molecule has 0 aliphatic carbocycles. The predicted octanol–water partition coefficient (Wildman–Crippen LogP) is 4.01. The zero-order valence-corrected chi connectivity index (χ0v) is 17.8. The first kappa shape index (κ1) is 20.4. The molecule has 1 N–H and O–H groups in total. The highest BCUT2D eigenvalue weighted by Crippen LogP contribution is 2.31. The third-order valence-corrected chi connectivity index (χ3v) is 5.66. The Labute approximate surface area is 179 Å². The summed E-state index contributed by atoms with van der Waals surface area (Å²) in [6.45, 7) is 6.55. The molecule has 0 radical (unpaired) electrons. The van der Waals surface area contributed by atoms with Gasteiger partial charge in [0.25, 0.3) is 11.5 Å². The smallest absolute Gasteiger partial charge is 0.275 e. The van der Waals surface area contributed by atoms with Gasteiger partial charge >= 0.3 is 0 Å². The number of halogens is 1. The first-order chi connectivity index (χ1) is 14.5. The minimum Gasteiger partial charge on any atom is -0.378 e. The van der Waals surface area contributed by atoms with Crippen molar-refractivity contribution in [2.75, 3.05) is 26.3 Å². The first-order valence-electron chi connectivity index (χ1n) is 10.0. The van der Waals surface area contributed by atoms with Crippen molar-refractivity contribution in [1.29, 1.82) is 0 Å². The fraction of sp³-hybridized carbons (Fsp3) is 0.304. The van der Waals surface area contributed by atoms with Crippen molar-refractivity contribution in [3.63, 3.8) is 0 Å². The average Bonchev–Trinajstić information content (AvgIpc) is 3.15. The number of H-pyrrole nitrogens is 1. The summed E-state index contributed by atoms with van der Waals surface area (Å²) in [6, 6.07) is 7.42. The lowest BCUT2D eigenvalue weighted by molar-refractivity contribution is 0.0303. The van der Waals surface area contributed by atoms with Crippen LogP contribution in [0, 0.1) is 6.92 Å². The first-order valence-corrected chi connectivity index (χ1v) is 10.4. The Balaban J connectivity index is 1.78. The number of nitrogens with one attached hydrogen (secondary N) is 1. The highest BCUT2D eigenvalue weighted by molar-refractivity contribution is 6.34. The number of amides is 1. The molecule has 0 spiro atoms. The number of allylic oxidation sites excluding steroid dienone is 2. The number of aryl methyl sites for hydroxylation is 1. The number of fused-ring (bicyclic) bond motifs is 1. The van der Waals surface area contributed by atoms with Crippen molar-refractivity contribution < 1.29 is 9.53 Å². The van der Waals surface area contributed by atoms with Crippen molar-refractivity contribution >= 4 is 28.4 Å². The van der Waals surface area contributed by atoms with E-state index in [9.17, 15) is 9.59 Å². The second-order valence-electron chi connectivity index (χ2n) is 7.41. The number of hydrogen-bond acceptors (Lipinski definition) is 3. The van der Waals surface area contributed by atoms with E-state index in [0.717, 1.165) is 22.2 Å². The van der Waals surface area contributed by atoms with Gasteiger partial charge in [-0.25, -0.2) is 0 Å². The fourth-order valence-corrected chi connectivity index (χ4v) is 4.04. The van der Waals surface area contributed by atoms with Gasteiger partial charge in [-0.3, -0.25) is 9.59 Å². The number of hydrogen-bond donors (Lipinski definition) is 1. The number of carbonyl (C=O) groups excluding carboxylic acids is 1. The number of nitrogens with zero attached hydrogens (tertiary/aromatic N) is 2. The zero-order valence-electron chi connectivity index (χ0n) is 17.1. The second-order valence-corrected chi connectivity index (χ2v) is 7.82. The van der Waals surface area contributed by atoms with Crippen molar-refractivity contribution in [2.45, 2.75) is 20.4 Å². The van der Waals surface area contributed by atoms with E-state index in [4.69, 9.17) is 16.3 Å². The molecule has 7 heteroatoms. The molecular formula is C23H24ClN3O3. The van der Waals surface area contributed by atoms with Crippen LogP contribution >= 0.6 is 11.6 Å². The van der Waals surface area contributed by atoms with Crippen molar-refractivity contribution in [3.05, 3.63) is 69.2 Å². The van der Waals surface area contributed by atoms with Gasteiger partial charge in [0.1, 0.15) is 5.52 Å². The Morgan fingerprint density at radius 3 is 2.73 bits per heavy atom. The van der Waals surface area contributed by atoms with Gasteiger partial charge in [-0.2, -0.15) is 0 Å². The van der Waals surface area contributed by atoms with Gasteiger partial charge < -0.3 is 19.2 Å². The lowest BCUT2D eigenvalue weighted by Crippen LogP contribution is -2.40. The van der Waals surface area contributed by atoms with E-state index in [0.29, 0.717) is 49.0 Å². The van der Waals surface area contributed by atoms with Crippen molar-refractivity contribution in [2.24, 2.45) is 0 Å². The van der Waals surface area contributed by atoms with E-state index in [1.54, 1.807) is 21.6 Å². The molecular weight excluding hydrogens is 402 g/mol. The molecule has 0 saturated carbocycles. The van der Waals surface area contributed by atoms with Crippen LogP contribution < -0.4 is 5.56 Å². The van der Waals surface area contributed by atoms with Gasteiger partial charge in [-0.1, -0.05) is 29.8 Å².